The van der Waals surface area contributed by atoms with Gasteiger partial charge < -0.3 is 0 Å². The molecule has 0 bridgehead atoms. The Labute approximate surface area is 113 Å². The molecule has 0 unspecified atom stereocenters. The van der Waals surface area contributed by atoms with E-state index in [-0.39, 0.29) is 0 Å². The lowest BCUT2D eigenvalue weighted by atomic mass is 10.0. The summed E-state index contributed by atoms with van der Waals surface area (Å²) >= 11 is 0. The first-order valence-corrected chi connectivity index (χ1v) is 7.63. The van der Waals surface area contributed by atoms with Crippen LogP contribution in [-0.2, 0) is 4.79 Å². The number of hydrogen-bond donors (Lipinski definition) is 0. The van der Waals surface area contributed by atoms with Crippen LogP contribution in [0.15, 0.2) is 0 Å². The highest BCUT2D eigenvalue weighted by molar-refractivity contribution is 5.50. The number of rotatable bonds is 14. The summed E-state index contributed by atoms with van der Waals surface area (Å²) in [6.45, 7) is 0. The van der Waals surface area contributed by atoms with Crippen molar-refractivity contribution in [2.45, 2.75) is 89.9 Å². The Balaban J connectivity index is 2.90. The third-order valence-electron chi connectivity index (χ3n) is 3.32. The summed E-state index contributed by atoms with van der Waals surface area (Å²) in [4.78, 5) is 9.98. The molecular weight excluding hydrogens is 222 g/mol. The third kappa shape index (κ3) is 15.2. The van der Waals surface area contributed by atoms with E-state index < -0.39 is 0 Å². The van der Waals surface area contributed by atoms with Crippen LogP contribution in [0.25, 0.3) is 0 Å². The molecule has 0 aromatic rings. The van der Waals surface area contributed by atoms with Gasteiger partial charge in [-0.3, -0.25) is 4.79 Å². The molecule has 1 radical (unpaired) electrons. The van der Waals surface area contributed by atoms with Crippen LogP contribution in [0.3, 0.4) is 0 Å². The summed E-state index contributed by atoms with van der Waals surface area (Å²) in [6, 6.07) is 2.19. The zero-order valence-corrected chi connectivity index (χ0v) is 11.8. The minimum absolute atomic E-state index is 0.617. The first kappa shape index (κ1) is 17.2. The van der Waals surface area contributed by atoms with E-state index >= 15 is 0 Å². The van der Waals surface area contributed by atoms with E-state index in [9.17, 15) is 4.79 Å². The Hall–Kier alpha value is -0.840. The van der Waals surface area contributed by atoms with Gasteiger partial charge in [0.2, 0.25) is 0 Å². The van der Waals surface area contributed by atoms with Gasteiger partial charge >= 0.3 is 0 Å². The fourth-order valence-corrected chi connectivity index (χ4v) is 2.17. The molecule has 0 saturated heterocycles. The number of unbranched alkanes of at least 4 members (excludes halogenated alkanes) is 13. The molecule has 0 aliphatic rings. The number of nitrogens with zero attached hydrogens (tertiary/aromatic N) is 1. The molecule has 0 saturated carbocycles. The van der Waals surface area contributed by atoms with E-state index in [4.69, 9.17) is 5.26 Å². The van der Waals surface area contributed by atoms with Gasteiger partial charge in [0.05, 0.1) is 6.07 Å². The average Bonchev–Trinajstić information content (AvgIpc) is 2.39. The van der Waals surface area contributed by atoms with Crippen molar-refractivity contribution in [2.75, 3.05) is 0 Å². The molecule has 0 aromatic heterocycles. The van der Waals surface area contributed by atoms with Gasteiger partial charge in [-0.15, -0.1) is 0 Å². The summed E-state index contributed by atoms with van der Waals surface area (Å²) in [5, 5.41) is 8.39. The maximum atomic E-state index is 9.98. The minimum atomic E-state index is 0.617. The van der Waals surface area contributed by atoms with Crippen molar-refractivity contribution in [1.82, 2.24) is 0 Å². The van der Waals surface area contributed by atoms with E-state index in [2.05, 4.69) is 6.07 Å². The predicted molar refractivity (Wildman–Crippen MR) is 75.9 cm³/mol. The minimum Gasteiger partial charge on any atom is -0.291 e. The molecule has 0 aromatic carbocycles. The summed E-state index contributed by atoms with van der Waals surface area (Å²) in [5.74, 6) is 0. The molecule has 0 amide bonds. The lowest BCUT2D eigenvalue weighted by Crippen LogP contribution is -1.83. The molecule has 0 atom stereocenters. The van der Waals surface area contributed by atoms with Crippen LogP contribution in [-0.4, -0.2) is 6.29 Å². The molecule has 2 heteroatoms. The Morgan fingerprint density at radius 2 is 0.889 bits per heavy atom. The van der Waals surface area contributed by atoms with Gasteiger partial charge in [-0.2, -0.15) is 5.26 Å². The Kier molecular flexibility index (Phi) is 15.4. The number of hydrogen-bond acceptors (Lipinski definition) is 2. The molecule has 0 heterocycles. The average molecular weight is 250 g/mol. The fourth-order valence-electron chi connectivity index (χ4n) is 2.17. The van der Waals surface area contributed by atoms with E-state index in [0.29, 0.717) is 6.42 Å². The highest BCUT2D eigenvalue weighted by atomic mass is 16.1. The van der Waals surface area contributed by atoms with E-state index in [0.717, 1.165) is 19.3 Å². The van der Waals surface area contributed by atoms with Gasteiger partial charge in [0, 0.05) is 12.8 Å². The fraction of sp³-hybridized carbons (Fsp3) is 0.875. The zero-order valence-electron chi connectivity index (χ0n) is 11.8. The number of nitriles is 1. The van der Waals surface area contributed by atoms with Crippen LogP contribution < -0.4 is 0 Å². The van der Waals surface area contributed by atoms with Crippen molar-refractivity contribution in [1.29, 1.82) is 5.26 Å². The second-order valence-corrected chi connectivity index (χ2v) is 5.05. The van der Waals surface area contributed by atoms with Gasteiger partial charge in [0.15, 0.2) is 6.29 Å². The molecular formula is C16H28NO. The maximum absolute atomic E-state index is 9.98. The third-order valence-corrected chi connectivity index (χ3v) is 3.32. The van der Waals surface area contributed by atoms with Crippen LogP contribution in [0.2, 0.25) is 0 Å². The Morgan fingerprint density at radius 3 is 1.22 bits per heavy atom. The van der Waals surface area contributed by atoms with E-state index in [1.54, 1.807) is 0 Å². The standard InChI is InChI=1S/C16H28NO/c17-15-13-11-9-7-5-3-1-2-4-6-8-10-12-14-16-18/h1-14H2. The summed E-state index contributed by atoms with van der Waals surface area (Å²) in [6.07, 6.45) is 18.4. The van der Waals surface area contributed by atoms with E-state index in [1.165, 1.54) is 64.2 Å². The smallest absolute Gasteiger partial charge is 0.198 e. The Bertz CT molecular complexity index is 208. The molecule has 0 fully saturated rings. The summed E-state index contributed by atoms with van der Waals surface area (Å²) in [5.41, 5.74) is 0. The summed E-state index contributed by atoms with van der Waals surface area (Å²) in [7, 11) is 0. The molecule has 0 aliphatic carbocycles. The van der Waals surface area contributed by atoms with E-state index in [1.807, 2.05) is 6.29 Å². The highest BCUT2D eigenvalue weighted by Gasteiger charge is 1.93. The zero-order chi connectivity index (χ0) is 13.3. The van der Waals surface area contributed by atoms with Crippen LogP contribution in [0.4, 0.5) is 0 Å². The molecule has 0 aliphatic heterocycles. The lowest BCUT2D eigenvalue weighted by Gasteiger charge is -2.02. The Morgan fingerprint density at radius 1 is 0.556 bits per heavy atom. The molecule has 18 heavy (non-hydrogen) atoms. The van der Waals surface area contributed by atoms with Crippen molar-refractivity contribution < 1.29 is 4.79 Å². The quantitative estimate of drug-likeness (QED) is 0.403. The van der Waals surface area contributed by atoms with Gasteiger partial charge in [-0.1, -0.05) is 64.2 Å². The van der Waals surface area contributed by atoms with Gasteiger partial charge in [-0.25, -0.2) is 0 Å². The molecule has 2 nitrogen and oxygen atoms in total. The van der Waals surface area contributed by atoms with Crippen molar-refractivity contribution in [3.63, 3.8) is 0 Å². The van der Waals surface area contributed by atoms with Crippen LogP contribution in [0.5, 0.6) is 0 Å². The predicted octanol–water partition coefficient (Wildman–Crippen LogP) is 5.08. The van der Waals surface area contributed by atoms with Crippen LogP contribution in [0, 0.1) is 11.3 Å². The van der Waals surface area contributed by atoms with Crippen molar-refractivity contribution >= 4 is 6.29 Å². The maximum Gasteiger partial charge on any atom is 0.198 e. The second-order valence-electron chi connectivity index (χ2n) is 5.05. The summed E-state index contributed by atoms with van der Waals surface area (Å²) < 4.78 is 0. The first-order valence-electron chi connectivity index (χ1n) is 7.63. The second kappa shape index (κ2) is 16.2. The number of carbonyl (C=O) groups excluding carboxylic acids is 1. The van der Waals surface area contributed by atoms with Crippen molar-refractivity contribution in [3.05, 3.63) is 0 Å². The van der Waals surface area contributed by atoms with Crippen molar-refractivity contribution in [2.24, 2.45) is 0 Å². The largest absolute Gasteiger partial charge is 0.291 e. The van der Waals surface area contributed by atoms with Crippen LogP contribution in [0.1, 0.15) is 89.9 Å². The molecule has 0 spiro atoms. The normalized spacial score (nSPS) is 10.2. The molecule has 0 N–H and O–H groups in total. The molecule has 103 valence electrons. The first-order chi connectivity index (χ1) is 8.91. The SMILES string of the molecule is N#CCCCCCCCCCCCCCC[C]=O. The van der Waals surface area contributed by atoms with Gasteiger partial charge in [0.25, 0.3) is 0 Å². The van der Waals surface area contributed by atoms with Gasteiger partial charge in [0.1, 0.15) is 0 Å². The topological polar surface area (TPSA) is 40.9 Å². The lowest BCUT2D eigenvalue weighted by molar-refractivity contribution is 0.532. The molecule has 0 rings (SSSR count). The highest BCUT2D eigenvalue weighted by Crippen LogP contribution is 2.12. The van der Waals surface area contributed by atoms with Crippen molar-refractivity contribution in [3.8, 4) is 6.07 Å². The monoisotopic (exact) mass is 250 g/mol. The van der Waals surface area contributed by atoms with Crippen LogP contribution >= 0.6 is 0 Å². The van der Waals surface area contributed by atoms with Gasteiger partial charge in [-0.05, 0) is 12.8 Å².